The van der Waals surface area contributed by atoms with Crippen molar-refractivity contribution in [3.63, 3.8) is 0 Å². The highest BCUT2D eigenvalue weighted by Gasteiger charge is 2.19. The molecule has 0 N–H and O–H groups in total. The molecule has 4 aromatic heterocycles. The van der Waals surface area contributed by atoms with Crippen LogP contribution in [0.1, 0.15) is 26.3 Å². The lowest BCUT2D eigenvalue weighted by Crippen LogP contribution is -2.11. The van der Waals surface area contributed by atoms with Crippen molar-refractivity contribution < 1.29 is 4.74 Å². The lowest BCUT2D eigenvalue weighted by atomic mass is 9.85. The number of hydrogen-bond acceptors (Lipinski definition) is 4. The molecule has 0 bridgehead atoms. The Kier molecular flexibility index (Phi) is 5.32. The molecule has 8 rings (SSSR count). The molecule has 0 fully saturated rings. The van der Waals surface area contributed by atoms with E-state index in [0.29, 0.717) is 0 Å². The second-order valence-electron chi connectivity index (χ2n) is 11.8. The normalized spacial score (nSPS) is 12.2. The van der Waals surface area contributed by atoms with Gasteiger partial charge in [0.25, 0.3) is 0 Å². The highest BCUT2D eigenvalue weighted by Crippen LogP contribution is 2.38. The van der Waals surface area contributed by atoms with Crippen LogP contribution in [-0.2, 0) is 5.41 Å². The largest absolute Gasteiger partial charge is 0.457 e. The molecule has 4 aromatic carbocycles. The number of hydrogen-bond donors (Lipinski definition) is 0. The number of imidazole rings is 1. The summed E-state index contributed by atoms with van der Waals surface area (Å²) in [6, 6.07) is 35.4. The Morgan fingerprint density at radius 1 is 0.643 bits per heavy atom. The molecule has 202 valence electrons. The quantitative estimate of drug-likeness (QED) is 0.208. The first-order valence-electron chi connectivity index (χ1n) is 14.2. The van der Waals surface area contributed by atoms with E-state index in [0.717, 1.165) is 72.0 Å². The lowest BCUT2D eigenvalue weighted by Gasteiger charge is -2.22. The van der Waals surface area contributed by atoms with Crippen LogP contribution in [0.4, 0.5) is 0 Å². The molecule has 0 spiro atoms. The standard InChI is InChI=1S/C37H28N4O/c1-37(2,3)25-19-24(34-28-10-5-4-9-23(28)16-18-39-34)20-27(21-25)42-26-14-15-29-30(22-26)36-40-31-11-6-7-12-32(31)41(36)33-13-8-17-38-35(29)33/h4-22H,1-3H3. The van der Waals surface area contributed by atoms with Gasteiger partial charge in [0.15, 0.2) is 0 Å². The zero-order valence-corrected chi connectivity index (χ0v) is 23.7. The molecular weight excluding hydrogens is 516 g/mol. The summed E-state index contributed by atoms with van der Waals surface area (Å²) >= 11 is 0. The van der Waals surface area contributed by atoms with E-state index in [2.05, 4.69) is 104 Å². The second kappa shape index (κ2) is 9.11. The monoisotopic (exact) mass is 544 g/mol. The van der Waals surface area contributed by atoms with Crippen LogP contribution in [0.5, 0.6) is 11.5 Å². The highest BCUT2D eigenvalue weighted by atomic mass is 16.5. The van der Waals surface area contributed by atoms with Crippen molar-refractivity contribution in [3.05, 3.63) is 121 Å². The lowest BCUT2D eigenvalue weighted by molar-refractivity contribution is 0.479. The van der Waals surface area contributed by atoms with Gasteiger partial charge in [0.1, 0.15) is 17.1 Å². The minimum atomic E-state index is -0.0746. The smallest absolute Gasteiger partial charge is 0.146 e. The molecule has 0 aliphatic rings. The summed E-state index contributed by atoms with van der Waals surface area (Å²) in [6.07, 6.45) is 3.72. The number of ether oxygens (including phenoxy) is 1. The van der Waals surface area contributed by atoms with E-state index in [4.69, 9.17) is 19.7 Å². The maximum atomic E-state index is 6.65. The Bertz CT molecular complexity index is 2320. The minimum absolute atomic E-state index is 0.0746. The van der Waals surface area contributed by atoms with Crippen molar-refractivity contribution in [2.75, 3.05) is 0 Å². The van der Waals surface area contributed by atoms with Crippen LogP contribution in [0.15, 0.2) is 116 Å². The third kappa shape index (κ3) is 3.89. The summed E-state index contributed by atoms with van der Waals surface area (Å²) in [6.45, 7) is 6.67. The van der Waals surface area contributed by atoms with Gasteiger partial charge in [-0.1, -0.05) is 57.2 Å². The molecule has 5 nitrogen and oxygen atoms in total. The summed E-state index contributed by atoms with van der Waals surface area (Å²) in [5, 5.41) is 4.33. The molecule has 0 atom stereocenters. The number of fused-ring (bicyclic) bond motifs is 9. The number of para-hydroxylation sites is 2. The maximum Gasteiger partial charge on any atom is 0.146 e. The van der Waals surface area contributed by atoms with E-state index >= 15 is 0 Å². The average Bonchev–Trinajstić information content (AvgIpc) is 3.40. The fraction of sp³-hybridized carbons (Fsp3) is 0.108. The van der Waals surface area contributed by atoms with Crippen molar-refractivity contribution in [2.24, 2.45) is 0 Å². The van der Waals surface area contributed by atoms with Crippen molar-refractivity contribution in [1.29, 1.82) is 0 Å². The van der Waals surface area contributed by atoms with Crippen LogP contribution >= 0.6 is 0 Å². The van der Waals surface area contributed by atoms with Crippen LogP contribution in [-0.4, -0.2) is 19.4 Å². The fourth-order valence-corrected chi connectivity index (χ4v) is 5.93. The van der Waals surface area contributed by atoms with Crippen LogP contribution in [0.25, 0.3) is 60.5 Å². The molecule has 0 saturated heterocycles. The number of aromatic nitrogens is 4. The first kappa shape index (κ1) is 24.5. The molecule has 0 radical (unpaired) electrons. The number of pyridine rings is 3. The van der Waals surface area contributed by atoms with E-state index in [-0.39, 0.29) is 5.41 Å². The van der Waals surface area contributed by atoms with Gasteiger partial charge in [-0.05, 0) is 83.1 Å². The predicted molar refractivity (Wildman–Crippen MR) is 171 cm³/mol. The summed E-state index contributed by atoms with van der Waals surface area (Å²) in [5.41, 5.74) is 7.97. The van der Waals surface area contributed by atoms with Crippen molar-refractivity contribution >= 4 is 49.3 Å². The van der Waals surface area contributed by atoms with Crippen LogP contribution < -0.4 is 4.74 Å². The molecule has 5 heteroatoms. The van der Waals surface area contributed by atoms with E-state index in [1.54, 1.807) is 0 Å². The van der Waals surface area contributed by atoms with Gasteiger partial charge >= 0.3 is 0 Å². The first-order valence-corrected chi connectivity index (χ1v) is 14.2. The number of nitrogens with zero attached hydrogens (tertiary/aromatic N) is 4. The van der Waals surface area contributed by atoms with Crippen LogP contribution in [0.3, 0.4) is 0 Å². The molecule has 0 amide bonds. The summed E-state index contributed by atoms with van der Waals surface area (Å²) in [4.78, 5) is 14.6. The topological polar surface area (TPSA) is 52.3 Å². The predicted octanol–water partition coefficient (Wildman–Crippen LogP) is 9.49. The number of benzene rings is 4. The van der Waals surface area contributed by atoms with Gasteiger partial charge in [0.05, 0.1) is 27.8 Å². The summed E-state index contributed by atoms with van der Waals surface area (Å²) < 4.78 is 8.85. The molecule has 8 aromatic rings. The third-order valence-corrected chi connectivity index (χ3v) is 8.03. The summed E-state index contributed by atoms with van der Waals surface area (Å²) in [5.74, 6) is 1.52. The summed E-state index contributed by atoms with van der Waals surface area (Å²) in [7, 11) is 0. The third-order valence-electron chi connectivity index (χ3n) is 8.03. The van der Waals surface area contributed by atoms with E-state index < -0.39 is 0 Å². The zero-order chi connectivity index (χ0) is 28.4. The molecular formula is C37H28N4O. The van der Waals surface area contributed by atoms with E-state index in [1.807, 2.05) is 36.7 Å². The van der Waals surface area contributed by atoms with Crippen molar-refractivity contribution in [3.8, 4) is 22.8 Å². The zero-order valence-electron chi connectivity index (χ0n) is 23.7. The highest BCUT2D eigenvalue weighted by molar-refractivity contribution is 6.12. The Morgan fingerprint density at radius 3 is 2.38 bits per heavy atom. The SMILES string of the molecule is CC(C)(C)c1cc(Oc2ccc3c(c2)c2nc4ccccc4n2c2cccnc32)cc(-c2nccc3ccccc23)c1. The molecule has 0 saturated carbocycles. The molecule has 0 aliphatic carbocycles. The fourth-order valence-electron chi connectivity index (χ4n) is 5.93. The maximum absolute atomic E-state index is 6.65. The van der Waals surface area contributed by atoms with Gasteiger partial charge in [0.2, 0.25) is 0 Å². The van der Waals surface area contributed by atoms with Crippen LogP contribution in [0, 0.1) is 0 Å². The van der Waals surface area contributed by atoms with Gasteiger partial charge < -0.3 is 4.74 Å². The van der Waals surface area contributed by atoms with Crippen LogP contribution in [0.2, 0.25) is 0 Å². The Balaban J connectivity index is 1.32. The van der Waals surface area contributed by atoms with E-state index in [1.165, 1.54) is 5.56 Å². The first-order chi connectivity index (χ1) is 20.4. The second-order valence-corrected chi connectivity index (χ2v) is 11.8. The Morgan fingerprint density at radius 2 is 1.48 bits per heavy atom. The minimum Gasteiger partial charge on any atom is -0.457 e. The van der Waals surface area contributed by atoms with E-state index in [9.17, 15) is 0 Å². The van der Waals surface area contributed by atoms with Gasteiger partial charge in [-0.3, -0.25) is 14.4 Å². The molecule has 42 heavy (non-hydrogen) atoms. The van der Waals surface area contributed by atoms with Gasteiger partial charge in [0, 0.05) is 34.1 Å². The Labute approximate surface area is 243 Å². The molecule has 4 heterocycles. The van der Waals surface area contributed by atoms with Gasteiger partial charge in [-0.2, -0.15) is 0 Å². The number of rotatable bonds is 3. The molecule has 0 aliphatic heterocycles. The Hall–Kier alpha value is -5.29. The molecule has 0 unspecified atom stereocenters. The average molecular weight is 545 g/mol. The van der Waals surface area contributed by atoms with Crippen molar-refractivity contribution in [1.82, 2.24) is 19.4 Å². The van der Waals surface area contributed by atoms with Crippen molar-refractivity contribution in [2.45, 2.75) is 26.2 Å². The van der Waals surface area contributed by atoms with Gasteiger partial charge in [-0.15, -0.1) is 0 Å². The van der Waals surface area contributed by atoms with Gasteiger partial charge in [-0.25, -0.2) is 4.98 Å².